The van der Waals surface area contributed by atoms with Gasteiger partial charge in [0.1, 0.15) is 11.7 Å². The molecule has 3 nitrogen and oxygen atoms in total. The van der Waals surface area contributed by atoms with E-state index in [1.54, 1.807) is 24.3 Å². The van der Waals surface area contributed by atoms with Gasteiger partial charge in [-0.05, 0) is 30.2 Å². The lowest BCUT2D eigenvalue weighted by molar-refractivity contribution is 0.0975. The molecule has 0 bridgehead atoms. The van der Waals surface area contributed by atoms with E-state index < -0.39 is 5.92 Å². The van der Waals surface area contributed by atoms with Crippen LogP contribution in [0.5, 0.6) is 5.75 Å². The summed E-state index contributed by atoms with van der Waals surface area (Å²) in [4.78, 5) is 12.6. The Hall–Kier alpha value is -2.60. The number of nitriles is 1. The molecule has 0 aromatic heterocycles. The molecule has 2 rings (SSSR count). The van der Waals surface area contributed by atoms with E-state index in [-0.39, 0.29) is 5.78 Å². The Bertz CT molecular complexity index is 671. The van der Waals surface area contributed by atoms with Gasteiger partial charge in [0.05, 0.1) is 18.7 Å². The van der Waals surface area contributed by atoms with Gasteiger partial charge in [-0.3, -0.25) is 4.79 Å². The number of rotatable bonds is 4. The average molecular weight is 265 g/mol. The van der Waals surface area contributed by atoms with Gasteiger partial charge in [-0.25, -0.2) is 0 Å². The van der Waals surface area contributed by atoms with E-state index in [0.717, 1.165) is 11.1 Å². The van der Waals surface area contributed by atoms with Crippen LogP contribution in [0.1, 0.15) is 27.4 Å². The predicted octanol–water partition coefficient (Wildman–Crippen LogP) is 3.49. The van der Waals surface area contributed by atoms with Crippen LogP contribution in [0.2, 0.25) is 0 Å². The van der Waals surface area contributed by atoms with Crippen LogP contribution in [-0.4, -0.2) is 12.9 Å². The largest absolute Gasteiger partial charge is 0.496 e. The summed E-state index contributed by atoms with van der Waals surface area (Å²) in [6.07, 6.45) is 0. The molecule has 2 aromatic carbocycles. The zero-order chi connectivity index (χ0) is 14.5. The van der Waals surface area contributed by atoms with Gasteiger partial charge in [-0.2, -0.15) is 5.26 Å². The summed E-state index contributed by atoms with van der Waals surface area (Å²) in [6.45, 7) is 1.90. The van der Waals surface area contributed by atoms with Crippen molar-refractivity contribution in [3.63, 3.8) is 0 Å². The Morgan fingerprint density at radius 2 is 1.80 bits per heavy atom. The molecule has 100 valence electrons. The molecule has 0 fully saturated rings. The summed E-state index contributed by atoms with van der Waals surface area (Å²) in [5.74, 6) is -0.557. The van der Waals surface area contributed by atoms with Gasteiger partial charge in [0.25, 0.3) is 0 Å². The van der Waals surface area contributed by atoms with E-state index >= 15 is 0 Å². The molecule has 0 N–H and O–H groups in total. The van der Waals surface area contributed by atoms with Crippen LogP contribution >= 0.6 is 0 Å². The Kier molecular flexibility index (Phi) is 4.17. The molecule has 0 amide bonds. The summed E-state index contributed by atoms with van der Waals surface area (Å²) < 4.78 is 5.20. The van der Waals surface area contributed by atoms with Crippen molar-refractivity contribution in [2.24, 2.45) is 0 Å². The lowest BCUT2D eigenvalue weighted by Crippen LogP contribution is -2.13. The van der Waals surface area contributed by atoms with Gasteiger partial charge < -0.3 is 4.74 Å². The first kappa shape index (κ1) is 13.8. The third-order valence-corrected chi connectivity index (χ3v) is 3.26. The van der Waals surface area contributed by atoms with Gasteiger partial charge in [0, 0.05) is 0 Å². The van der Waals surface area contributed by atoms with Gasteiger partial charge in [0.15, 0.2) is 5.78 Å². The highest BCUT2D eigenvalue weighted by Gasteiger charge is 2.25. The summed E-state index contributed by atoms with van der Waals surface area (Å²) >= 11 is 0. The summed E-state index contributed by atoms with van der Waals surface area (Å²) in [5, 5.41) is 9.39. The lowest BCUT2D eigenvalue weighted by atomic mass is 9.89. The number of aryl methyl sites for hydroxylation is 1. The maximum absolute atomic E-state index is 12.6. The third-order valence-electron chi connectivity index (χ3n) is 3.26. The van der Waals surface area contributed by atoms with Crippen LogP contribution in [0.4, 0.5) is 0 Å². The van der Waals surface area contributed by atoms with Gasteiger partial charge >= 0.3 is 0 Å². The minimum atomic E-state index is -0.813. The summed E-state index contributed by atoms with van der Waals surface area (Å²) in [7, 11) is 1.52. The number of hydrogen-bond acceptors (Lipinski definition) is 3. The van der Waals surface area contributed by atoms with Crippen LogP contribution in [0, 0.1) is 18.3 Å². The highest BCUT2D eigenvalue weighted by molar-refractivity contribution is 6.04. The normalized spacial score (nSPS) is 11.4. The molecule has 0 spiro atoms. The van der Waals surface area contributed by atoms with Crippen LogP contribution in [0.15, 0.2) is 48.5 Å². The predicted molar refractivity (Wildman–Crippen MR) is 76.9 cm³/mol. The number of ether oxygens (including phenoxy) is 1. The Balaban J connectivity index is 2.46. The van der Waals surface area contributed by atoms with Crippen molar-refractivity contribution < 1.29 is 9.53 Å². The number of hydrogen-bond donors (Lipinski definition) is 0. The van der Waals surface area contributed by atoms with Crippen LogP contribution < -0.4 is 4.74 Å². The van der Waals surface area contributed by atoms with Gasteiger partial charge in [0.2, 0.25) is 0 Å². The minimum Gasteiger partial charge on any atom is -0.496 e. The number of carbonyl (C=O) groups excluding carboxylic acids is 1. The van der Waals surface area contributed by atoms with Crippen LogP contribution in [-0.2, 0) is 0 Å². The third kappa shape index (κ3) is 2.55. The van der Waals surface area contributed by atoms with Crippen molar-refractivity contribution in [1.82, 2.24) is 0 Å². The molecular weight excluding hydrogens is 250 g/mol. The maximum Gasteiger partial charge on any atom is 0.188 e. The Morgan fingerprint density at radius 3 is 2.45 bits per heavy atom. The van der Waals surface area contributed by atoms with Gasteiger partial charge in [-0.1, -0.05) is 36.4 Å². The fourth-order valence-corrected chi connectivity index (χ4v) is 2.18. The SMILES string of the molecule is COc1ccccc1C(=O)C(C#N)c1ccccc1C. The molecule has 0 radical (unpaired) electrons. The average Bonchev–Trinajstić information content (AvgIpc) is 2.49. The molecule has 2 aromatic rings. The molecular formula is C17H15NO2. The van der Waals surface area contributed by atoms with Crippen molar-refractivity contribution in [1.29, 1.82) is 5.26 Å². The molecule has 0 heterocycles. The number of para-hydroxylation sites is 1. The molecule has 3 heteroatoms. The van der Waals surface area contributed by atoms with Crippen molar-refractivity contribution in [2.75, 3.05) is 7.11 Å². The zero-order valence-corrected chi connectivity index (χ0v) is 11.5. The first-order chi connectivity index (χ1) is 9.69. The van der Waals surface area contributed by atoms with Gasteiger partial charge in [-0.15, -0.1) is 0 Å². The smallest absolute Gasteiger partial charge is 0.188 e. The second-order valence-electron chi connectivity index (χ2n) is 4.48. The summed E-state index contributed by atoms with van der Waals surface area (Å²) in [5.41, 5.74) is 2.11. The van der Waals surface area contributed by atoms with E-state index in [4.69, 9.17) is 4.74 Å². The van der Waals surface area contributed by atoms with E-state index in [2.05, 4.69) is 6.07 Å². The highest BCUT2D eigenvalue weighted by Crippen LogP contribution is 2.27. The number of methoxy groups -OCH3 is 1. The minimum absolute atomic E-state index is 0.237. The number of nitrogens with zero attached hydrogens (tertiary/aromatic N) is 1. The van der Waals surface area contributed by atoms with Crippen molar-refractivity contribution >= 4 is 5.78 Å². The van der Waals surface area contributed by atoms with E-state index in [1.165, 1.54) is 7.11 Å². The van der Waals surface area contributed by atoms with E-state index in [1.807, 2.05) is 31.2 Å². The molecule has 0 aliphatic carbocycles. The molecule has 1 atom stereocenters. The van der Waals surface area contributed by atoms with Crippen LogP contribution in [0.25, 0.3) is 0 Å². The van der Waals surface area contributed by atoms with E-state index in [0.29, 0.717) is 11.3 Å². The van der Waals surface area contributed by atoms with Crippen molar-refractivity contribution in [2.45, 2.75) is 12.8 Å². The second kappa shape index (κ2) is 6.03. The van der Waals surface area contributed by atoms with E-state index in [9.17, 15) is 10.1 Å². The number of carbonyl (C=O) groups is 1. The second-order valence-corrected chi connectivity index (χ2v) is 4.48. The Labute approximate surface area is 118 Å². The fourth-order valence-electron chi connectivity index (χ4n) is 2.18. The lowest BCUT2D eigenvalue weighted by Gasteiger charge is -2.13. The quantitative estimate of drug-likeness (QED) is 0.795. The number of Topliss-reactive ketones (excluding diaryl/α,β-unsaturated/α-hetero) is 1. The molecule has 1 unspecified atom stereocenters. The first-order valence-corrected chi connectivity index (χ1v) is 6.31. The molecule has 0 aliphatic heterocycles. The highest BCUT2D eigenvalue weighted by atomic mass is 16.5. The van der Waals surface area contributed by atoms with Crippen molar-refractivity contribution in [3.8, 4) is 11.8 Å². The number of benzene rings is 2. The molecule has 20 heavy (non-hydrogen) atoms. The zero-order valence-electron chi connectivity index (χ0n) is 11.5. The Morgan fingerprint density at radius 1 is 1.15 bits per heavy atom. The molecule has 0 saturated heterocycles. The van der Waals surface area contributed by atoms with Crippen molar-refractivity contribution in [3.05, 3.63) is 65.2 Å². The monoisotopic (exact) mass is 265 g/mol. The standard InChI is InChI=1S/C17H15NO2/c1-12-7-3-4-8-13(12)15(11-18)17(19)14-9-5-6-10-16(14)20-2/h3-10,15H,1-2H3. The molecule has 0 saturated carbocycles. The number of ketones is 1. The topological polar surface area (TPSA) is 50.1 Å². The maximum atomic E-state index is 12.6. The summed E-state index contributed by atoms with van der Waals surface area (Å²) in [6, 6.07) is 16.5. The fraction of sp³-hybridized carbons (Fsp3) is 0.176. The first-order valence-electron chi connectivity index (χ1n) is 6.31. The molecule has 0 aliphatic rings. The van der Waals surface area contributed by atoms with Crippen LogP contribution in [0.3, 0.4) is 0 Å².